The quantitative estimate of drug-likeness (QED) is 0.730. The van der Waals surface area contributed by atoms with E-state index in [4.69, 9.17) is 9.47 Å². The van der Waals surface area contributed by atoms with Crippen LogP contribution in [0.15, 0.2) is 30.3 Å². The highest BCUT2D eigenvalue weighted by Gasteiger charge is 2.18. The van der Waals surface area contributed by atoms with Gasteiger partial charge in [-0.15, -0.1) is 0 Å². The molecule has 2 aromatic rings. The number of rotatable bonds is 8. The van der Waals surface area contributed by atoms with Crippen LogP contribution < -0.4 is 10.1 Å². The van der Waals surface area contributed by atoms with Crippen molar-refractivity contribution in [1.29, 1.82) is 0 Å². The van der Waals surface area contributed by atoms with Crippen LogP contribution in [-0.2, 0) is 27.4 Å². The summed E-state index contributed by atoms with van der Waals surface area (Å²) in [6, 6.07) is 9.36. The lowest BCUT2D eigenvalue weighted by Gasteiger charge is -2.15. The number of hydrogen-bond acceptors (Lipinski definition) is 5. The Balaban J connectivity index is 1.78. The third-order valence-electron chi connectivity index (χ3n) is 3.95. The average molecular weight is 359 g/mol. The Hall–Kier alpha value is -2.83. The zero-order chi connectivity index (χ0) is 19.1. The predicted octanol–water partition coefficient (Wildman–Crippen LogP) is 2.15. The fraction of sp³-hybridized carbons (Fsp3) is 0.421. The van der Waals surface area contributed by atoms with E-state index in [-0.39, 0.29) is 12.3 Å². The smallest absolute Gasteiger partial charge is 0.308 e. The molecule has 1 aromatic carbocycles. The van der Waals surface area contributed by atoms with Gasteiger partial charge >= 0.3 is 5.97 Å². The van der Waals surface area contributed by atoms with E-state index in [1.807, 2.05) is 44.2 Å². The van der Waals surface area contributed by atoms with Gasteiger partial charge in [-0.05, 0) is 32.9 Å². The maximum absolute atomic E-state index is 12.1. The number of carbonyl (C=O) groups is 2. The van der Waals surface area contributed by atoms with Crippen LogP contribution in [0.1, 0.15) is 30.3 Å². The van der Waals surface area contributed by atoms with Gasteiger partial charge < -0.3 is 14.8 Å². The second-order valence-electron chi connectivity index (χ2n) is 6.06. The molecule has 0 radical (unpaired) electrons. The van der Waals surface area contributed by atoms with Crippen LogP contribution in [0.3, 0.4) is 0 Å². The van der Waals surface area contributed by atoms with Crippen molar-refractivity contribution < 1.29 is 19.1 Å². The van der Waals surface area contributed by atoms with Crippen molar-refractivity contribution in [1.82, 2.24) is 15.1 Å². The second-order valence-corrected chi connectivity index (χ2v) is 6.06. The first-order valence-corrected chi connectivity index (χ1v) is 8.51. The SMILES string of the molecule is COc1ccccc1CNC(=O)C(C)OC(=O)CCn1nc(C)cc1C. The van der Waals surface area contributed by atoms with Gasteiger partial charge in [0.2, 0.25) is 0 Å². The topological polar surface area (TPSA) is 82.5 Å². The number of aromatic nitrogens is 2. The Kier molecular flexibility index (Phi) is 6.77. The molecule has 7 heteroatoms. The normalized spacial score (nSPS) is 11.7. The van der Waals surface area contributed by atoms with E-state index < -0.39 is 12.1 Å². The molecule has 0 aliphatic rings. The van der Waals surface area contributed by atoms with E-state index in [0.29, 0.717) is 18.8 Å². The monoisotopic (exact) mass is 359 g/mol. The number of para-hydroxylation sites is 1. The van der Waals surface area contributed by atoms with Crippen molar-refractivity contribution >= 4 is 11.9 Å². The molecule has 0 saturated heterocycles. The Morgan fingerprint density at radius 3 is 2.65 bits per heavy atom. The first-order valence-electron chi connectivity index (χ1n) is 8.51. The summed E-state index contributed by atoms with van der Waals surface area (Å²) in [6.07, 6.45) is -0.704. The molecule has 140 valence electrons. The molecule has 1 heterocycles. The first-order chi connectivity index (χ1) is 12.4. The first kappa shape index (κ1) is 19.5. The number of hydrogen-bond donors (Lipinski definition) is 1. The second kappa shape index (κ2) is 9.03. The fourth-order valence-corrected chi connectivity index (χ4v) is 2.58. The number of methoxy groups -OCH3 is 1. The van der Waals surface area contributed by atoms with Gasteiger partial charge in [0, 0.05) is 17.8 Å². The zero-order valence-corrected chi connectivity index (χ0v) is 15.6. The predicted molar refractivity (Wildman–Crippen MR) is 96.7 cm³/mol. The van der Waals surface area contributed by atoms with Crippen LogP contribution >= 0.6 is 0 Å². The van der Waals surface area contributed by atoms with Gasteiger partial charge in [-0.2, -0.15) is 5.10 Å². The van der Waals surface area contributed by atoms with Gasteiger partial charge in [0.1, 0.15) is 5.75 Å². The third kappa shape index (κ3) is 5.34. The summed E-state index contributed by atoms with van der Waals surface area (Å²) in [5.74, 6) is -0.0878. The van der Waals surface area contributed by atoms with Crippen molar-refractivity contribution in [3.8, 4) is 5.75 Å². The molecular weight excluding hydrogens is 334 g/mol. The van der Waals surface area contributed by atoms with Crippen LogP contribution in [0.2, 0.25) is 0 Å². The molecule has 7 nitrogen and oxygen atoms in total. The van der Waals surface area contributed by atoms with Gasteiger partial charge in [-0.1, -0.05) is 18.2 Å². The molecular formula is C19H25N3O4. The number of aryl methyl sites for hydroxylation is 3. The van der Waals surface area contributed by atoms with Crippen molar-refractivity contribution in [3.63, 3.8) is 0 Å². The minimum absolute atomic E-state index is 0.159. The van der Waals surface area contributed by atoms with Gasteiger partial charge in [-0.3, -0.25) is 14.3 Å². The largest absolute Gasteiger partial charge is 0.496 e. The molecule has 1 aromatic heterocycles. The van der Waals surface area contributed by atoms with E-state index >= 15 is 0 Å². The molecule has 0 fully saturated rings. The van der Waals surface area contributed by atoms with Gasteiger partial charge in [0.15, 0.2) is 6.10 Å². The summed E-state index contributed by atoms with van der Waals surface area (Å²) in [7, 11) is 1.58. The van der Waals surface area contributed by atoms with E-state index in [2.05, 4.69) is 10.4 Å². The number of esters is 1. The molecule has 0 bridgehead atoms. The van der Waals surface area contributed by atoms with Crippen molar-refractivity contribution in [2.45, 2.75) is 46.4 Å². The van der Waals surface area contributed by atoms with Crippen molar-refractivity contribution in [2.24, 2.45) is 0 Å². The minimum Gasteiger partial charge on any atom is -0.496 e. The van der Waals surface area contributed by atoms with Crippen LogP contribution in [0, 0.1) is 13.8 Å². The number of ether oxygens (including phenoxy) is 2. The lowest BCUT2D eigenvalue weighted by Crippen LogP contribution is -2.35. The Morgan fingerprint density at radius 1 is 1.27 bits per heavy atom. The summed E-state index contributed by atoms with van der Waals surface area (Å²) in [4.78, 5) is 24.1. The molecule has 1 unspecified atom stereocenters. The Labute approximate surface area is 153 Å². The highest BCUT2D eigenvalue weighted by Crippen LogP contribution is 2.16. The molecule has 26 heavy (non-hydrogen) atoms. The number of benzene rings is 1. The number of amides is 1. The van der Waals surface area contributed by atoms with E-state index in [1.54, 1.807) is 18.7 Å². The van der Waals surface area contributed by atoms with E-state index in [9.17, 15) is 9.59 Å². The highest BCUT2D eigenvalue weighted by molar-refractivity contribution is 5.83. The maximum Gasteiger partial charge on any atom is 0.308 e. The Morgan fingerprint density at radius 2 is 2.00 bits per heavy atom. The van der Waals surface area contributed by atoms with E-state index in [1.165, 1.54) is 0 Å². The molecule has 2 rings (SSSR count). The fourth-order valence-electron chi connectivity index (χ4n) is 2.58. The molecule has 0 aliphatic carbocycles. The summed E-state index contributed by atoms with van der Waals surface area (Å²) in [6.45, 7) is 6.11. The van der Waals surface area contributed by atoms with Crippen LogP contribution in [-0.4, -0.2) is 34.9 Å². The minimum atomic E-state index is -0.863. The Bertz CT molecular complexity index is 770. The third-order valence-corrected chi connectivity index (χ3v) is 3.95. The summed E-state index contributed by atoms with van der Waals surface area (Å²) >= 11 is 0. The average Bonchev–Trinajstić information content (AvgIpc) is 2.95. The standard InChI is InChI=1S/C19H25N3O4/c1-13-11-14(2)22(21-13)10-9-18(23)26-15(3)19(24)20-12-16-7-5-6-8-17(16)25-4/h5-8,11,15H,9-10,12H2,1-4H3,(H,20,24). The molecule has 0 spiro atoms. The van der Waals surface area contributed by atoms with Gasteiger partial charge in [0.05, 0.1) is 25.8 Å². The number of nitrogens with one attached hydrogen (secondary N) is 1. The van der Waals surface area contributed by atoms with Crippen LogP contribution in [0.4, 0.5) is 0 Å². The van der Waals surface area contributed by atoms with Crippen LogP contribution in [0.25, 0.3) is 0 Å². The summed E-state index contributed by atoms with van der Waals surface area (Å²) in [5.41, 5.74) is 2.74. The molecule has 1 atom stereocenters. The lowest BCUT2D eigenvalue weighted by atomic mass is 10.2. The summed E-state index contributed by atoms with van der Waals surface area (Å²) in [5, 5.41) is 7.04. The molecule has 0 aliphatic heterocycles. The molecule has 0 saturated carbocycles. The molecule has 1 N–H and O–H groups in total. The highest BCUT2D eigenvalue weighted by atomic mass is 16.5. The van der Waals surface area contributed by atoms with Crippen LogP contribution in [0.5, 0.6) is 5.75 Å². The number of nitrogens with zero attached hydrogens (tertiary/aromatic N) is 2. The maximum atomic E-state index is 12.1. The number of carbonyl (C=O) groups excluding carboxylic acids is 2. The van der Waals surface area contributed by atoms with Crippen molar-refractivity contribution in [2.75, 3.05) is 7.11 Å². The van der Waals surface area contributed by atoms with E-state index in [0.717, 1.165) is 17.0 Å². The molecule has 1 amide bonds. The summed E-state index contributed by atoms with van der Waals surface area (Å²) < 4.78 is 12.2. The van der Waals surface area contributed by atoms with Crippen molar-refractivity contribution in [3.05, 3.63) is 47.3 Å². The lowest BCUT2D eigenvalue weighted by molar-refractivity contribution is -0.155. The van der Waals surface area contributed by atoms with Gasteiger partial charge in [0.25, 0.3) is 5.91 Å². The van der Waals surface area contributed by atoms with Gasteiger partial charge in [-0.25, -0.2) is 0 Å². The zero-order valence-electron chi connectivity index (χ0n) is 15.6.